The van der Waals surface area contributed by atoms with Crippen LogP contribution in [0.1, 0.15) is 61.0 Å². The maximum atomic E-state index is 12.2. The van der Waals surface area contributed by atoms with Crippen molar-refractivity contribution in [2.45, 2.75) is 105 Å². The number of hydrogen-bond acceptors (Lipinski definition) is 12. The monoisotopic (exact) mass is 585 g/mol. The number of carbonyl (C=O) groups is 4. The maximum Gasteiger partial charge on any atom is 0.303 e. The number of carbonyl (C=O) groups excluding carboxylic acids is 4. The highest BCUT2D eigenvalue weighted by molar-refractivity contribution is 7.44. The number of ether oxygens (including phenoxy) is 5. The van der Waals surface area contributed by atoms with Crippen molar-refractivity contribution in [2.75, 3.05) is 6.61 Å². The Morgan fingerprint density at radius 2 is 1.32 bits per heavy atom. The van der Waals surface area contributed by atoms with Crippen LogP contribution in [0, 0.1) is 0 Å². The van der Waals surface area contributed by atoms with Gasteiger partial charge in [0, 0.05) is 39.8 Å². The van der Waals surface area contributed by atoms with Gasteiger partial charge in [0.15, 0.2) is 18.3 Å². The van der Waals surface area contributed by atoms with Crippen LogP contribution in [0.2, 0.25) is 0 Å². The number of hydrogen-bond donors (Lipinski definition) is 0. The third-order valence-corrected chi connectivity index (χ3v) is 7.61. The molecule has 0 saturated carbocycles. The average molecular weight is 586 g/mol. The first-order valence-electron chi connectivity index (χ1n) is 13.0. The average Bonchev–Trinajstić information content (AvgIpc) is 2.84. The zero-order valence-corrected chi connectivity index (χ0v) is 25.1. The van der Waals surface area contributed by atoms with Crippen LogP contribution in [0.25, 0.3) is 0 Å². The van der Waals surface area contributed by atoms with E-state index in [-0.39, 0.29) is 25.3 Å². The minimum Gasteiger partial charge on any atom is -0.463 e. The van der Waals surface area contributed by atoms with Gasteiger partial charge in [-0.3, -0.25) is 23.7 Å². The molecular formula is C27H40NO11P. The normalized spacial score (nSPS) is 23.5. The lowest BCUT2D eigenvalue weighted by molar-refractivity contribution is -0.289. The van der Waals surface area contributed by atoms with Gasteiger partial charge >= 0.3 is 23.9 Å². The topological polar surface area (TPSA) is 136 Å². The van der Waals surface area contributed by atoms with Crippen LogP contribution in [-0.4, -0.2) is 77.9 Å². The van der Waals surface area contributed by atoms with Crippen molar-refractivity contribution < 1.29 is 51.9 Å². The lowest BCUT2D eigenvalue weighted by atomic mass is 9.98. The second kappa shape index (κ2) is 16.0. The van der Waals surface area contributed by atoms with Gasteiger partial charge in [-0.25, -0.2) is 4.67 Å². The summed E-state index contributed by atoms with van der Waals surface area (Å²) in [4.78, 5) is 47.9. The lowest BCUT2D eigenvalue weighted by Gasteiger charge is -2.45. The number of nitrogens with zero attached hydrogens (tertiary/aromatic N) is 1. The fourth-order valence-electron chi connectivity index (χ4n) is 4.19. The molecular weight excluding hydrogens is 545 g/mol. The molecule has 1 aromatic carbocycles. The highest BCUT2D eigenvalue weighted by atomic mass is 31.2. The molecule has 0 aromatic heterocycles. The van der Waals surface area contributed by atoms with Crippen LogP contribution in [0.3, 0.4) is 0 Å². The lowest BCUT2D eigenvalue weighted by Crippen LogP contribution is -2.62. The first-order chi connectivity index (χ1) is 18.8. The zero-order chi connectivity index (χ0) is 30.0. The molecule has 1 aliphatic heterocycles. The number of esters is 4. The summed E-state index contributed by atoms with van der Waals surface area (Å²) in [5, 5.41) is 0. The van der Waals surface area contributed by atoms with Crippen molar-refractivity contribution in [1.82, 2.24) is 4.67 Å². The summed E-state index contributed by atoms with van der Waals surface area (Å²) in [6, 6.07) is 9.47. The molecule has 0 amide bonds. The molecule has 0 aliphatic carbocycles. The molecule has 0 radical (unpaired) electrons. The van der Waals surface area contributed by atoms with Gasteiger partial charge in [-0.1, -0.05) is 30.3 Å². The number of rotatable bonds is 13. The van der Waals surface area contributed by atoms with E-state index in [1.54, 1.807) is 0 Å². The minimum atomic E-state index is -1.85. The van der Waals surface area contributed by atoms with E-state index in [0.29, 0.717) is 0 Å². The van der Waals surface area contributed by atoms with Gasteiger partial charge in [-0.05, 0) is 33.3 Å². The van der Waals surface area contributed by atoms with Crippen LogP contribution in [0.4, 0.5) is 0 Å². The van der Waals surface area contributed by atoms with Crippen molar-refractivity contribution in [2.24, 2.45) is 0 Å². The molecule has 1 heterocycles. The van der Waals surface area contributed by atoms with Gasteiger partial charge in [-0.2, -0.15) is 0 Å². The van der Waals surface area contributed by atoms with Gasteiger partial charge in [0.2, 0.25) is 6.29 Å². The number of benzene rings is 1. The van der Waals surface area contributed by atoms with Crippen molar-refractivity contribution in [1.29, 1.82) is 0 Å². The quantitative estimate of drug-likeness (QED) is 0.190. The fourth-order valence-corrected chi connectivity index (χ4v) is 5.86. The Morgan fingerprint density at radius 1 is 0.800 bits per heavy atom. The molecule has 0 bridgehead atoms. The van der Waals surface area contributed by atoms with Gasteiger partial charge < -0.3 is 28.2 Å². The molecule has 1 aromatic rings. The predicted octanol–water partition coefficient (Wildman–Crippen LogP) is 3.65. The summed E-state index contributed by atoms with van der Waals surface area (Å²) < 4.78 is 42.5. The van der Waals surface area contributed by atoms with Gasteiger partial charge in [0.1, 0.15) is 12.7 Å². The molecule has 40 heavy (non-hydrogen) atoms. The highest BCUT2D eigenvalue weighted by Gasteiger charge is 2.54. The summed E-state index contributed by atoms with van der Waals surface area (Å²) >= 11 is 0. The Hall–Kier alpha value is -2.63. The fraction of sp³-hybridized carbons (Fsp3) is 0.630. The minimum absolute atomic E-state index is 0.0208. The summed E-state index contributed by atoms with van der Waals surface area (Å²) in [5.41, 5.74) is 0.910. The predicted molar refractivity (Wildman–Crippen MR) is 143 cm³/mol. The molecule has 1 aliphatic rings. The van der Waals surface area contributed by atoms with Crippen molar-refractivity contribution in [3.8, 4) is 0 Å². The van der Waals surface area contributed by atoms with Gasteiger partial charge in [0.05, 0.1) is 6.61 Å². The van der Waals surface area contributed by atoms with E-state index in [4.69, 9.17) is 32.7 Å². The third kappa shape index (κ3) is 10.4. The first kappa shape index (κ1) is 33.6. The van der Waals surface area contributed by atoms with Crippen molar-refractivity contribution >= 4 is 32.4 Å². The maximum absolute atomic E-state index is 12.2. The zero-order valence-electron chi connectivity index (χ0n) is 24.2. The highest BCUT2D eigenvalue weighted by Crippen LogP contribution is 2.49. The van der Waals surface area contributed by atoms with Crippen molar-refractivity contribution in [3.05, 3.63) is 35.9 Å². The smallest absolute Gasteiger partial charge is 0.303 e. The molecule has 6 atom stereocenters. The Bertz CT molecular complexity index is 982. The van der Waals surface area contributed by atoms with Crippen LogP contribution in [0.15, 0.2) is 30.3 Å². The van der Waals surface area contributed by atoms with E-state index in [1.807, 2.05) is 62.7 Å². The largest absolute Gasteiger partial charge is 0.463 e. The van der Waals surface area contributed by atoms with E-state index in [9.17, 15) is 19.2 Å². The van der Waals surface area contributed by atoms with Crippen LogP contribution in [-0.2, 0) is 58.5 Å². The molecule has 1 saturated heterocycles. The summed E-state index contributed by atoms with van der Waals surface area (Å²) in [7, 11) is -1.85. The molecule has 12 nitrogen and oxygen atoms in total. The Morgan fingerprint density at radius 3 is 1.82 bits per heavy atom. The van der Waals surface area contributed by atoms with E-state index in [2.05, 4.69) is 0 Å². The third-order valence-electron chi connectivity index (χ3n) is 5.57. The van der Waals surface area contributed by atoms with Crippen LogP contribution >= 0.6 is 8.53 Å². The molecule has 1 unspecified atom stereocenters. The molecule has 224 valence electrons. The molecule has 0 N–H and O–H groups in total. The molecule has 13 heteroatoms. The molecule has 0 spiro atoms. The Kier molecular flexibility index (Phi) is 13.4. The second-order valence-corrected chi connectivity index (χ2v) is 11.1. The van der Waals surface area contributed by atoms with E-state index in [0.717, 1.165) is 19.4 Å². The summed E-state index contributed by atoms with van der Waals surface area (Å²) in [6.07, 6.45) is -6.41. The van der Waals surface area contributed by atoms with E-state index >= 15 is 0 Å². The molecule has 1 fully saturated rings. The molecule has 2 rings (SSSR count). The summed E-state index contributed by atoms with van der Waals surface area (Å²) in [5.74, 6) is -2.75. The standard InChI is InChI=1S/C27H40NO11P/c1-16(2)28(17(3)4)40(34-14-22-12-10-9-11-13-22)39-27-26(37-21(8)32)25(36-20(7)31)24(35-19(6)30)23(38-27)15-33-18(5)29/h9-13,16-17,23-27H,14-15H2,1-8H3/t23-,24-,25+,26+,27-,40?/m1/s1. The van der Waals surface area contributed by atoms with Gasteiger partial charge in [0.25, 0.3) is 8.53 Å². The van der Waals surface area contributed by atoms with Crippen LogP contribution in [0.5, 0.6) is 0 Å². The Labute approximate surface area is 236 Å². The SMILES string of the molecule is CC(=O)OC[C@H]1O[C@H](OP(OCc2ccccc2)N(C(C)C)C(C)C)[C@@H](OC(C)=O)[C@@H](OC(C)=O)[C@@H]1OC(C)=O. The second-order valence-electron chi connectivity index (χ2n) is 9.74. The van der Waals surface area contributed by atoms with E-state index in [1.165, 1.54) is 13.8 Å². The van der Waals surface area contributed by atoms with E-state index < -0.39 is 63.1 Å². The van der Waals surface area contributed by atoms with Gasteiger partial charge in [-0.15, -0.1) is 0 Å². The summed E-state index contributed by atoms with van der Waals surface area (Å²) in [6.45, 7) is 12.5. The Balaban J connectivity index is 2.52. The van der Waals surface area contributed by atoms with Crippen LogP contribution < -0.4 is 0 Å². The first-order valence-corrected chi connectivity index (χ1v) is 14.2. The van der Waals surface area contributed by atoms with Crippen molar-refractivity contribution in [3.63, 3.8) is 0 Å².